The molecule has 1 aromatic heterocycles. The second-order valence-electron chi connectivity index (χ2n) is 4.75. The van der Waals surface area contributed by atoms with E-state index in [1.54, 1.807) is 29.5 Å². The molecule has 0 spiro atoms. The molecule has 19 heavy (non-hydrogen) atoms. The van der Waals surface area contributed by atoms with Gasteiger partial charge in [0.15, 0.2) is 5.78 Å². The fraction of sp³-hybridized carbons (Fsp3) is 0.267. The summed E-state index contributed by atoms with van der Waals surface area (Å²) in [4.78, 5) is 14.5. The third-order valence-corrected chi connectivity index (χ3v) is 5.26. The van der Waals surface area contributed by atoms with Gasteiger partial charge in [-0.1, -0.05) is 23.2 Å². The molecule has 0 N–H and O–H groups in total. The van der Waals surface area contributed by atoms with Crippen LogP contribution in [0.2, 0.25) is 10.0 Å². The van der Waals surface area contributed by atoms with Crippen molar-refractivity contribution >= 4 is 40.3 Å². The number of hydrogen-bond donors (Lipinski definition) is 0. The molecule has 2 aromatic rings. The maximum absolute atomic E-state index is 12.3. The first-order chi connectivity index (χ1) is 9.13. The van der Waals surface area contributed by atoms with Crippen molar-refractivity contribution in [3.63, 3.8) is 0 Å². The van der Waals surface area contributed by atoms with E-state index in [0.29, 0.717) is 16.5 Å². The Hall–Kier alpha value is -0.830. The minimum absolute atomic E-state index is 0.128. The Bertz CT molecular complexity index is 624. The summed E-state index contributed by atoms with van der Waals surface area (Å²) in [5.41, 5.74) is 2.15. The summed E-state index contributed by atoms with van der Waals surface area (Å²) < 4.78 is 0. The quantitative estimate of drug-likeness (QED) is 0.732. The maximum atomic E-state index is 12.3. The molecule has 0 amide bonds. The molecule has 1 aliphatic rings. The van der Waals surface area contributed by atoms with Crippen LogP contribution in [0.15, 0.2) is 24.3 Å². The summed E-state index contributed by atoms with van der Waals surface area (Å²) in [6.07, 6.45) is 3.76. The lowest BCUT2D eigenvalue weighted by Crippen LogP contribution is -2.02. The summed E-state index contributed by atoms with van der Waals surface area (Å²) in [7, 11) is 0. The van der Waals surface area contributed by atoms with Crippen molar-refractivity contribution in [1.82, 2.24) is 0 Å². The third kappa shape index (κ3) is 2.71. The van der Waals surface area contributed by atoms with E-state index in [9.17, 15) is 4.79 Å². The van der Waals surface area contributed by atoms with E-state index < -0.39 is 0 Å². The molecule has 98 valence electrons. The molecule has 0 radical (unpaired) electrons. The number of benzene rings is 1. The molecule has 0 aliphatic heterocycles. The first-order valence-electron chi connectivity index (χ1n) is 6.22. The normalized spacial score (nSPS) is 13.6. The highest BCUT2D eigenvalue weighted by Gasteiger charge is 2.19. The summed E-state index contributed by atoms with van der Waals surface area (Å²) in [6, 6.07) is 7.29. The Morgan fingerprint density at radius 3 is 2.84 bits per heavy atom. The van der Waals surface area contributed by atoms with Crippen LogP contribution in [0.5, 0.6) is 0 Å². The zero-order valence-electron chi connectivity index (χ0n) is 10.2. The number of halogens is 2. The van der Waals surface area contributed by atoms with Gasteiger partial charge in [-0.05, 0) is 54.7 Å². The number of carbonyl (C=O) groups excluding carboxylic acids is 1. The van der Waals surface area contributed by atoms with E-state index in [1.165, 1.54) is 16.9 Å². The first-order valence-corrected chi connectivity index (χ1v) is 7.79. The number of thiophene rings is 1. The molecule has 0 fully saturated rings. The van der Waals surface area contributed by atoms with Crippen molar-refractivity contribution in [3.05, 3.63) is 55.2 Å². The lowest BCUT2D eigenvalue weighted by Gasteiger charge is -2.03. The van der Waals surface area contributed by atoms with Crippen LogP contribution in [0.4, 0.5) is 0 Å². The van der Waals surface area contributed by atoms with Gasteiger partial charge in [-0.15, -0.1) is 11.3 Å². The number of hydrogen-bond acceptors (Lipinski definition) is 2. The molecular weight excluding hydrogens is 299 g/mol. The number of ketones is 1. The summed E-state index contributed by atoms with van der Waals surface area (Å²) >= 11 is 13.7. The highest BCUT2D eigenvalue weighted by molar-refractivity contribution is 7.14. The average molecular weight is 311 g/mol. The maximum Gasteiger partial charge on any atom is 0.177 e. The molecule has 0 saturated heterocycles. The smallest absolute Gasteiger partial charge is 0.177 e. The minimum Gasteiger partial charge on any atom is -0.293 e. The molecule has 0 saturated carbocycles. The van der Waals surface area contributed by atoms with E-state index in [2.05, 4.69) is 0 Å². The Labute approximate surface area is 126 Å². The zero-order valence-corrected chi connectivity index (χ0v) is 12.5. The number of carbonyl (C=O) groups is 1. The standard InChI is InChI=1S/C15H12Cl2OS/c16-11-4-5-12(17)10(6-11)7-13(18)15-8-9-2-1-3-14(9)19-15/h4-6,8H,1-3,7H2. The molecule has 1 aromatic carbocycles. The lowest BCUT2D eigenvalue weighted by molar-refractivity contribution is 0.0997. The number of fused-ring (bicyclic) bond motifs is 1. The Morgan fingerprint density at radius 1 is 1.21 bits per heavy atom. The zero-order chi connectivity index (χ0) is 13.4. The van der Waals surface area contributed by atoms with E-state index in [-0.39, 0.29) is 5.78 Å². The van der Waals surface area contributed by atoms with Crippen LogP contribution in [0.25, 0.3) is 0 Å². The molecule has 1 heterocycles. The molecule has 4 heteroatoms. The Balaban J connectivity index is 1.82. The summed E-state index contributed by atoms with van der Waals surface area (Å²) in [5, 5.41) is 1.21. The van der Waals surface area contributed by atoms with Gasteiger partial charge in [-0.2, -0.15) is 0 Å². The fourth-order valence-corrected chi connectivity index (χ4v) is 3.98. The lowest BCUT2D eigenvalue weighted by atomic mass is 10.1. The highest BCUT2D eigenvalue weighted by Crippen LogP contribution is 2.32. The van der Waals surface area contributed by atoms with Crippen LogP contribution in [0, 0.1) is 0 Å². The molecule has 1 nitrogen and oxygen atoms in total. The van der Waals surface area contributed by atoms with Crippen LogP contribution in [-0.4, -0.2) is 5.78 Å². The van der Waals surface area contributed by atoms with Crippen LogP contribution in [-0.2, 0) is 19.3 Å². The monoisotopic (exact) mass is 310 g/mol. The van der Waals surface area contributed by atoms with Crippen LogP contribution in [0.3, 0.4) is 0 Å². The van der Waals surface area contributed by atoms with Crippen molar-refractivity contribution < 1.29 is 4.79 Å². The number of rotatable bonds is 3. The number of Topliss-reactive ketones (excluding diaryl/α,β-unsaturated/α-hetero) is 1. The molecule has 0 bridgehead atoms. The van der Waals surface area contributed by atoms with Crippen LogP contribution >= 0.6 is 34.5 Å². The van der Waals surface area contributed by atoms with Gasteiger partial charge in [-0.3, -0.25) is 4.79 Å². The van der Waals surface area contributed by atoms with Crippen molar-refractivity contribution in [2.24, 2.45) is 0 Å². The van der Waals surface area contributed by atoms with Crippen molar-refractivity contribution in [3.8, 4) is 0 Å². The van der Waals surface area contributed by atoms with Crippen molar-refractivity contribution in [2.75, 3.05) is 0 Å². The van der Waals surface area contributed by atoms with Gasteiger partial charge in [0.05, 0.1) is 4.88 Å². The molecule has 0 atom stereocenters. The van der Waals surface area contributed by atoms with Crippen LogP contribution < -0.4 is 0 Å². The van der Waals surface area contributed by atoms with Crippen LogP contribution in [0.1, 0.15) is 32.1 Å². The summed E-state index contributed by atoms with van der Waals surface area (Å²) in [6.45, 7) is 0. The second-order valence-corrected chi connectivity index (χ2v) is 6.73. The average Bonchev–Trinajstić information content (AvgIpc) is 2.94. The van der Waals surface area contributed by atoms with Gasteiger partial charge < -0.3 is 0 Å². The van der Waals surface area contributed by atoms with Gasteiger partial charge >= 0.3 is 0 Å². The van der Waals surface area contributed by atoms with Crippen molar-refractivity contribution in [2.45, 2.75) is 25.7 Å². The van der Waals surface area contributed by atoms with Gasteiger partial charge in [0.2, 0.25) is 0 Å². The predicted molar refractivity (Wildman–Crippen MR) is 80.8 cm³/mol. The van der Waals surface area contributed by atoms with E-state index in [1.807, 2.05) is 6.07 Å². The fourth-order valence-electron chi connectivity index (χ4n) is 2.41. The Kier molecular flexibility index (Phi) is 3.66. The molecule has 3 rings (SSSR count). The SMILES string of the molecule is O=C(Cc1cc(Cl)ccc1Cl)c1cc2c(s1)CCC2. The molecule has 1 aliphatic carbocycles. The third-order valence-electron chi connectivity index (χ3n) is 3.38. The van der Waals surface area contributed by atoms with Gasteiger partial charge in [0.1, 0.15) is 0 Å². The van der Waals surface area contributed by atoms with Gasteiger partial charge in [0, 0.05) is 21.3 Å². The topological polar surface area (TPSA) is 17.1 Å². The van der Waals surface area contributed by atoms with Gasteiger partial charge in [0.25, 0.3) is 0 Å². The largest absolute Gasteiger partial charge is 0.293 e. The minimum atomic E-state index is 0.128. The molecule has 0 unspecified atom stereocenters. The second kappa shape index (κ2) is 5.28. The van der Waals surface area contributed by atoms with E-state index in [4.69, 9.17) is 23.2 Å². The van der Waals surface area contributed by atoms with E-state index in [0.717, 1.165) is 23.3 Å². The predicted octanol–water partition coefficient (Wildman–Crippen LogP) is 4.97. The van der Waals surface area contributed by atoms with Crippen molar-refractivity contribution in [1.29, 1.82) is 0 Å². The van der Waals surface area contributed by atoms with Gasteiger partial charge in [-0.25, -0.2) is 0 Å². The molecular formula is C15H12Cl2OS. The summed E-state index contributed by atoms with van der Waals surface area (Å²) in [5.74, 6) is 0.128. The Morgan fingerprint density at radius 2 is 2.05 bits per heavy atom. The first kappa shape index (κ1) is 13.2. The highest BCUT2D eigenvalue weighted by atomic mass is 35.5. The number of aryl methyl sites for hydroxylation is 2. The van der Waals surface area contributed by atoms with E-state index >= 15 is 0 Å².